The molecule has 0 bridgehead atoms. The molecule has 0 spiro atoms. The third-order valence-electron chi connectivity index (χ3n) is 4.28. The van der Waals surface area contributed by atoms with Gasteiger partial charge in [-0.2, -0.15) is 0 Å². The number of thioether (sulfide) groups is 1. The quantitative estimate of drug-likeness (QED) is 0.482. The van der Waals surface area contributed by atoms with E-state index in [4.69, 9.17) is 5.11 Å². The molecule has 0 aliphatic heterocycles. The molecular formula is C20H24N4OS. The van der Waals surface area contributed by atoms with Crippen LogP contribution >= 0.6 is 11.8 Å². The number of benzene rings is 1. The predicted octanol–water partition coefficient (Wildman–Crippen LogP) is 3.93. The lowest BCUT2D eigenvalue weighted by molar-refractivity contribution is 0.296. The van der Waals surface area contributed by atoms with Crippen molar-refractivity contribution in [3.63, 3.8) is 0 Å². The molecule has 0 aliphatic rings. The van der Waals surface area contributed by atoms with E-state index in [1.54, 1.807) is 18.0 Å². The Hall–Kier alpha value is -2.18. The van der Waals surface area contributed by atoms with Crippen molar-refractivity contribution in [1.82, 2.24) is 19.7 Å². The summed E-state index contributed by atoms with van der Waals surface area (Å²) in [4.78, 5) is 4.24. The topological polar surface area (TPSA) is 63.8 Å². The highest BCUT2D eigenvalue weighted by Crippen LogP contribution is 2.32. The van der Waals surface area contributed by atoms with Gasteiger partial charge >= 0.3 is 0 Å². The van der Waals surface area contributed by atoms with Gasteiger partial charge in [0.2, 0.25) is 0 Å². The molecule has 26 heavy (non-hydrogen) atoms. The molecule has 0 saturated carbocycles. The molecule has 1 aromatic carbocycles. The lowest BCUT2D eigenvalue weighted by Gasteiger charge is -2.17. The monoisotopic (exact) mass is 368 g/mol. The van der Waals surface area contributed by atoms with Crippen LogP contribution < -0.4 is 0 Å². The van der Waals surface area contributed by atoms with Gasteiger partial charge in [0.15, 0.2) is 11.0 Å². The summed E-state index contributed by atoms with van der Waals surface area (Å²) in [5.41, 5.74) is 4.67. The fraction of sp³-hybridized carbons (Fsp3) is 0.350. The summed E-state index contributed by atoms with van der Waals surface area (Å²) in [5.74, 6) is 1.61. The molecule has 1 N–H and O–H groups in total. The van der Waals surface area contributed by atoms with Crippen LogP contribution in [0.4, 0.5) is 0 Å². The summed E-state index contributed by atoms with van der Waals surface area (Å²) < 4.78 is 2.16. The lowest BCUT2D eigenvalue weighted by Crippen LogP contribution is -2.07. The lowest BCUT2D eigenvalue weighted by atomic mass is 10.0. The minimum Gasteiger partial charge on any atom is -0.396 e. The molecule has 3 rings (SSSR count). The Balaban J connectivity index is 2.19. The molecule has 6 heteroatoms. The Morgan fingerprint density at radius 3 is 2.42 bits per heavy atom. The predicted molar refractivity (Wildman–Crippen MR) is 106 cm³/mol. The number of aliphatic hydroxyl groups is 1. The normalized spacial score (nSPS) is 11.0. The second-order valence-electron chi connectivity index (χ2n) is 5.94. The van der Waals surface area contributed by atoms with E-state index in [0.29, 0.717) is 0 Å². The molecule has 5 nitrogen and oxygen atoms in total. The second kappa shape index (κ2) is 8.96. The minimum atomic E-state index is 0.183. The molecule has 0 unspecified atom stereocenters. The van der Waals surface area contributed by atoms with Gasteiger partial charge in [-0.25, -0.2) is 0 Å². The van der Waals surface area contributed by atoms with Gasteiger partial charge in [0, 0.05) is 30.3 Å². The first-order valence-electron chi connectivity index (χ1n) is 9.00. The fourth-order valence-electron chi connectivity index (χ4n) is 2.98. The first-order valence-corrected chi connectivity index (χ1v) is 9.99. The second-order valence-corrected chi connectivity index (χ2v) is 7.00. The molecule has 0 amide bonds. The SMILES string of the molecule is CCc1cccc(CC)c1-n1c(SCCCO)nnc1-c1cccnc1. The highest BCUT2D eigenvalue weighted by Gasteiger charge is 2.20. The van der Waals surface area contributed by atoms with Crippen LogP contribution in [0.1, 0.15) is 31.4 Å². The zero-order valence-corrected chi connectivity index (χ0v) is 16.0. The van der Waals surface area contributed by atoms with Crippen molar-refractivity contribution >= 4 is 11.8 Å². The summed E-state index contributed by atoms with van der Waals surface area (Å²) in [6, 6.07) is 10.4. The summed E-state index contributed by atoms with van der Waals surface area (Å²) in [6.45, 7) is 4.53. The minimum absolute atomic E-state index is 0.183. The highest BCUT2D eigenvalue weighted by atomic mass is 32.2. The molecule has 0 saturated heterocycles. The Kier molecular flexibility index (Phi) is 6.41. The van der Waals surface area contributed by atoms with E-state index in [9.17, 15) is 0 Å². The molecule has 0 radical (unpaired) electrons. The summed E-state index contributed by atoms with van der Waals surface area (Å²) in [7, 11) is 0. The summed E-state index contributed by atoms with van der Waals surface area (Å²) in [5, 5.41) is 18.9. The Bertz CT molecular complexity index is 826. The van der Waals surface area contributed by atoms with Gasteiger partial charge < -0.3 is 5.11 Å². The maximum absolute atomic E-state index is 9.11. The number of para-hydroxylation sites is 1. The maximum Gasteiger partial charge on any atom is 0.196 e. The number of hydrogen-bond acceptors (Lipinski definition) is 5. The van der Waals surface area contributed by atoms with Gasteiger partial charge in [0.1, 0.15) is 0 Å². The summed E-state index contributed by atoms with van der Waals surface area (Å²) in [6.07, 6.45) is 6.19. The summed E-state index contributed by atoms with van der Waals surface area (Å²) >= 11 is 1.63. The average Bonchev–Trinajstić information content (AvgIpc) is 3.11. The van der Waals surface area contributed by atoms with E-state index in [0.717, 1.165) is 41.6 Å². The van der Waals surface area contributed by atoms with Crippen LogP contribution in [-0.4, -0.2) is 37.2 Å². The third kappa shape index (κ3) is 3.81. The molecule has 136 valence electrons. The van der Waals surface area contributed by atoms with Gasteiger partial charge in [0.05, 0.1) is 5.69 Å². The van der Waals surface area contributed by atoms with Gasteiger partial charge in [-0.05, 0) is 42.5 Å². The van der Waals surface area contributed by atoms with Crippen molar-refractivity contribution < 1.29 is 5.11 Å². The zero-order chi connectivity index (χ0) is 18.4. The van der Waals surface area contributed by atoms with Crippen molar-refractivity contribution in [2.24, 2.45) is 0 Å². The Morgan fingerprint density at radius 2 is 1.81 bits per heavy atom. The number of aliphatic hydroxyl groups excluding tert-OH is 1. The zero-order valence-electron chi connectivity index (χ0n) is 15.2. The molecule has 0 atom stereocenters. The fourth-order valence-corrected chi connectivity index (χ4v) is 3.84. The maximum atomic E-state index is 9.11. The van der Waals surface area contributed by atoms with Crippen molar-refractivity contribution in [2.75, 3.05) is 12.4 Å². The van der Waals surface area contributed by atoms with Crippen LogP contribution in [0.3, 0.4) is 0 Å². The van der Waals surface area contributed by atoms with E-state index in [-0.39, 0.29) is 6.61 Å². The van der Waals surface area contributed by atoms with Crippen molar-refractivity contribution in [3.8, 4) is 17.1 Å². The van der Waals surface area contributed by atoms with Gasteiger partial charge in [0.25, 0.3) is 0 Å². The van der Waals surface area contributed by atoms with Crippen LogP contribution in [0.25, 0.3) is 17.1 Å². The van der Waals surface area contributed by atoms with Gasteiger partial charge in [-0.1, -0.05) is 43.8 Å². The van der Waals surface area contributed by atoms with Crippen LogP contribution in [0.5, 0.6) is 0 Å². The molecule has 3 aromatic rings. The van der Waals surface area contributed by atoms with Crippen molar-refractivity contribution in [2.45, 2.75) is 38.3 Å². The van der Waals surface area contributed by atoms with Crippen molar-refractivity contribution in [3.05, 3.63) is 53.9 Å². The van der Waals surface area contributed by atoms with Gasteiger partial charge in [-0.15, -0.1) is 10.2 Å². The third-order valence-corrected chi connectivity index (χ3v) is 5.29. The standard InChI is InChI=1S/C20H24N4OS/c1-3-15-8-5-9-16(4-2)18(15)24-19(17-10-6-11-21-14-17)22-23-20(24)26-13-7-12-25/h5-6,8-11,14,25H,3-4,7,12-13H2,1-2H3. The van der Waals surface area contributed by atoms with Crippen LogP contribution in [0.15, 0.2) is 47.9 Å². The smallest absolute Gasteiger partial charge is 0.196 e. The molecule has 2 heterocycles. The largest absolute Gasteiger partial charge is 0.396 e. The number of hydrogen-bond donors (Lipinski definition) is 1. The van der Waals surface area contributed by atoms with Crippen LogP contribution in [0.2, 0.25) is 0 Å². The number of aryl methyl sites for hydroxylation is 2. The number of aromatic nitrogens is 4. The van der Waals surface area contributed by atoms with Gasteiger partial charge in [-0.3, -0.25) is 9.55 Å². The van der Waals surface area contributed by atoms with Crippen LogP contribution in [-0.2, 0) is 12.8 Å². The van der Waals surface area contributed by atoms with E-state index < -0.39 is 0 Å². The highest BCUT2D eigenvalue weighted by molar-refractivity contribution is 7.99. The molecule has 0 fully saturated rings. The Labute approximate surface area is 158 Å². The molecule has 0 aliphatic carbocycles. The van der Waals surface area contributed by atoms with Crippen LogP contribution in [0, 0.1) is 0 Å². The number of nitrogens with zero attached hydrogens (tertiary/aromatic N) is 4. The Morgan fingerprint density at radius 1 is 1.04 bits per heavy atom. The van der Waals surface area contributed by atoms with E-state index in [1.165, 1.54) is 16.8 Å². The first kappa shape index (κ1) is 18.6. The number of pyridine rings is 1. The number of rotatable bonds is 8. The van der Waals surface area contributed by atoms with E-state index in [1.807, 2.05) is 18.3 Å². The first-order chi connectivity index (χ1) is 12.8. The molecule has 2 aromatic heterocycles. The average molecular weight is 369 g/mol. The van der Waals surface area contributed by atoms with E-state index >= 15 is 0 Å². The van der Waals surface area contributed by atoms with Crippen molar-refractivity contribution in [1.29, 1.82) is 0 Å². The van der Waals surface area contributed by atoms with E-state index in [2.05, 4.69) is 51.8 Å². The molecular weight excluding hydrogens is 344 g/mol.